The maximum atomic E-state index is 7.23. The van der Waals surface area contributed by atoms with Crippen LogP contribution in [0, 0.1) is 0 Å². The third-order valence-corrected chi connectivity index (χ3v) is 20.6. The fourth-order valence-electron chi connectivity index (χ4n) is 3.49. The van der Waals surface area contributed by atoms with E-state index in [0.29, 0.717) is 0 Å². The van der Waals surface area contributed by atoms with E-state index in [2.05, 4.69) is 97.7 Å². The van der Waals surface area contributed by atoms with Crippen molar-refractivity contribution in [2.75, 3.05) is 13.8 Å². The zero-order valence-corrected chi connectivity index (χ0v) is 16.7. The van der Waals surface area contributed by atoms with Gasteiger partial charge in [0.2, 0.25) is 0 Å². The third-order valence-electron chi connectivity index (χ3n) is 4.67. The van der Waals surface area contributed by atoms with Crippen molar-refractivity contribution in [1.82, 2.24) is 0 Å². The molecule has 0 spiro atoms. The third kappa shape index (κ3) is 2.92. The van der Waals surface area contributed by atoms with Crippen LogP contribution in [-0.2, 0) is 4.52 Å². The van der Waals surface area contributed by atoms with E-state index in [-0.39, 0.29) is 0 Å². The summed E-state index contributed by atoms with van der Waals surface area (Å²) in [6.45, 7) is -2.90. The summed E-state index contributed by atoms with van der Waals surface area (Å²) in [7, 11) is 1.76. The van der Waals surface area contributed by atoms with Gasteiger partial charge in [0.25, 0.3) is 0 Å². The number of hydrogen-bond donors (Lipinski definition) is 0. The van der Waals surface area contributed by atoms with Crippen LogP contribution < -0.4 is 15.9 Å². The minimum atomic E-state index is -2.57. The fraction of sp³-hybridized carbons (Fsp3) is 0.100. The van der Waals surface area contributed by atoms with E-state index < -0.39 is 13.5 Å². The van der Waals surface area contributed by atoms with Gasteiger partial charge in [-0.05, 0) is 0 Å². The number of halogens is 1. The minimum absolute atomic E-state index is 1.30. The van der Waals surface area contributed by atoms with E-state index in [4.69, 9.17) is 15.8 Å². The molecule has 0 aliphatic heterocycles. The zero-order chi connectivity index (χ0) is 17.0. The summed E-state index contributed by atoms with van der Waals surface area (Å²) < 4.78 is 6.03. The van der Waals surface area contributed by atoms with E-state index in [1.165, 1.54) is 15.9 Å². The van der Waals surface area contributed by atoms with Gasteiger partial charge in [-0.1, -0.05) is 0 Å². The molecule has 3 aromatic rings. The summed E-state index contributed by atoms with van der Waals surface area (Å²) in [5, 5.41) is 3.90. The first-order valence-corrected chi connectivity index (χ1v) is 14.5. The van der Waals surface area contributed by atoms with Crippen molar-refractivity contribution in [3.63, 3.8) is 0 Å². The Hall–Kier alpha value is -1.23. The first-order chi connectivity index (χ1) is 11.6. The Bertz CT molecular complexity index is 680. The second-order valence-corrected chi connectivity index (χ2v) is 19.7. The van der Waals surface area contributed by atoms with Crippen LogP contribution in [0.2, 0.25) is 0 Å². The Balaban J connectivity index is 2.42. The van der Waals surface area contributed by atoms with Gasteiger partial charge < -0.3 is 0 Å². The van der Waals surface area contributed by atoms with Crippen LogP contribution in [0.25, 0.3) is 0 Å². The SMILES string of the molecule is CO[PH](C)(Cl)[PH](c1ccccc1)(c1ccccc1)c1ccccc1. The molecule has 0 bridgehead atoms. The molecule has 1 nitrogen and oxygen atoms in total. The van der Waals surface area contributed by atoms with Crippen LogP contribution in [0.4, 0.5) is 0 Å². The molecule has 0 radical (unpaired) electrons. The van der Waals surface area contributed by atoms with Gasteiger partial charge in [-0.2, -0.15) is 0 Å². The Labute approximate surface area is 150 Å². The van der Waals surface area contributed by atoms with E-state index in [9.17, 15) is 0 Å². The van der Waals surface area contributed by atoms with Crippen molar-refractivity contribution < 1.29 is 4.52 Å². The molecule has 0 fully saturated rings. The number of benzene rings is 3. The summed E-state index contributed by atoms with van der Waals surface area (Å²) in [5.41, 5.74) is 0. The summed E-state index contributed by atoms with van der Waals surface area (Å²) in [4.78, 5) is 0. The molecule has 126 valence electrons. The molecule has 24 heavy (non-hydrogen) atoms. The van der Waals surface area contributed by atoms with Crippen LogP contribution in [0.5, 0.6) is 0 Å². The van der Waals surface area contributed by atoms with Gasteiger partial charge in [0.05, 0.1) is 0 Å². The molecule has 0 aliphatic carbocycles. The van der Waals surface area contributed by atoms with Crippen molar-refractivity contribution in [2.45, 2.75) is 0 Å². The number of rotatable bonds is 5. The van der Waals surface area contributed by atoms with Crippen LogP contribution in [0.15, 0.2) is 91.0 Å². The molecule has 0 unspecified atom stereocenters. The van der Waals surface area contributed by atoms with Gasteiger partial charge in [-0.25, -0.2) is 0 Å². The van der Waals surface area contributed by atoms with Crippen molar-refractivity contribution in [2.24, 2.45) is 0 Å². The maximum absolute atomic E-state index is 7.23. The second kappa shape index (κ2) is 7.34. The monoisotopic (exact) mass is 376 g/mol. The quantitative estimate of drug-likeness (QED) is 0.585. The molecule has 0 heterocycles. The second-order valence-electron chi connectivity index (χ2n) is 5.97. The average molecular weight is 377 g/mol. The van der Waals surface area contributed by atoms with Gasteiger partial charge >= 0.3 is 150 Å². The van der Waals surface area contributed by atoms with Crippen LogP contribution >= 0.6 is 24.7 Å². The van der Waals surface area contributed by atoms with Crippen molar-refractivity contribution in [1.29, 1.82) is 0 Å². The standard InChI is InChI=1S/C20H23ClOP2/c1-22-23(2,21)24(18-12-6-3-7-13-18,19-14-8-4-9-15-19)20-16-10-5-11-17-20/h3-17,23-24H,1-2H3. The first kappa shape index (κ1) is 17.6. The van der Waals surface area contributed by atoms with E-state index in [0.717, 1.165) is 0 Å². The van der Waals surface area contributed by atoms with E-state index in [1.54, 1.807) is 7.11 Å². The molecule has 4 heteroatoms. The normalized spacial score (nSPS) is 13.5. The van der Waals surface area contributed by atoms with Crippen LogP contribution in [0.1, 0.15) is 0 Å². The summed E-state index contributed by atoms with van der Waals surface area (Å²) >= 11 is 7.23. The molecule has 0 N–H and O–H groups in total. The molecule has 0 saturated heterocycles. The van der Waals surface area contributed by atoms with E-state index in [1.807, 2.05) is 0 Å². The topological polar surface area (TPSA) is 9.23 Å². The molecule has 0 aliphatic rings. The van der Waals surface area contributed by atoms with Crippen molar-refractivity contribution in [3.8, 4) is 0 Å². The van der Waals surface area contributed by atoms with Gasteiger partial charge in [0, 0.05) is 0 Å². The Morgan fingerprint density at radius 1 is 0.625 bits per heavy atom. The van der Waals surface area contributed by atoms with Crippen LogP contribution in [-0.4, -0.2) is 13.8 Å². The van der Waals surface area contributed by atoms with Crippen molar-refractivity contribution >= 4 is 40.6 Å². The molecule has 0 atom stereocenters. The first-order valence-electron chi connectivity index (χ1n) is 8.03. The summed E-state index contributed by atoms with van der Waals surface area (Å²) in [6.07, 6.45) is 0. The van der Waals surface area contributed by atoms with Gasteiger partial charge in [-0.15, -0.1) is 0 Å². The van der Waals surface area contributed by atoms with Gasteiger partial charge in [0.15, 0.2) is 0 Å². The van der Waals surface area contributed by atoms with E-state index >= 15 is 0 Å². The molecular formula is C20H23ClOP2. The predicted molar refractivity (Wildman–Crippen MR) is 114 cm³/mol. The molecule has 3 aromatic carbocycles. The molecule has 0 aromatic heterocycles. The zero-order valence-electron chi connectivity index (χ0n) is 13.9. The number of hydrogen-bond acceptors (Lipinski definition) is 1. The average Bonchev–Trinajstić information content (AvgIpc) is 2.65. The van der Waals surface area contributed by atoms with Gasteiger partial charge in [0.1, 0.15) is 0 Å². The molecule has 0 saturated carbocycles. The van der Waals surface area contributed by atoms with Crippen LogP contribution in [0.3, 0.4) is 0 Å². The summed E-state index contributed by atoms with van der Waals surface area (Å²) in [5.74, 6) is 0. The molecular weight excluding hydrogens is 354 g/mol. The van der Waals surface area contributed by atoms with Crippen molar-refractivity contribution in [3.05, 3.63) is 91.0 Å². The summed E-state index contributed by atoms with van der Waals surface area (Å²) in [6, 6.07) is 32.0. The predicted octanol–water partition coefficient (Wildman–Crippen LogP) is 4.72. The van der Waals surface area contributed by atoms with Gasteiger partial charge in [-0.3, -0.25) is 0 Å². The Morgan fingerprint density at radius 3 is 1.17 bits per heavy atom. The Morgan fingerprint density at radius 2 is 0.917 bits per heavy atom. The molecule has 0 amide bonds. The molecule has 3 rings (SSSR count). The fourth-order valence-corrected chi connectivity index (χ4v) is 18.4. The Kier molecular flexibility index (Phi) is 5.38.